The van der Waals surface area contributed by atoms with Gasteiger partial charge in [-0.1, -0.05) is 36.0 Å². The van der Waals surface area contributed by atoms with Gasteiger partial charge < -0.3 is 9.44 Å². The van der Waals surface area contributed by atoms with Gasteiger partial charge in [0.1, 0.15) is 0 Å². The molecule has 0 aliphatic rings. The molecule has 0 amide bonds. The molecule has 0 radical (unpaired) electrons. The van der Waals surface area contributed by atoms with Crippen LogP contribution in [0.4, 0.5) is 11.4 Å². The summed E-state index contributed by atoms with van der Waals surface area (Å²) in [7, 11) is 0. The van der Waals surface area contributed by atoms with Gasteiger partial charge in [0.2, 0.25) is 0 Å². The van der Waals surface area contributed by atoms with Gasteiger partial charge in [0.05, 0.1) is 11.4 Å². The van der Waals surface area contributed by atoms with Crippen molar-refractivity contribution in [1.82, 2.24) is 0 Å². The van der Waals surface area contributed by atoms with Crippen LogP contribution in [0.25, 0.3) is 0 Å². The molecule has 0 heterocycles. The highest BCUT2D eigenvalue weighted by molar-refractivity contribution is 8.00. The monoisotopic (exact) mass is 200 g/mol. The highest BCUT2D eigenvalue weighted by Crippen LogP contribution is 2.24. The number of anilines is 2. The van der Waals surface area contributed by atoms with Gasteiger partial charge >= 0.3 is 0 Å². The lowest BCUT2D eigenvalue weighted by Crippen LogP contribution is -1.91. The summed E-state index contributed by atoms with van der Waals surface area (Å²) in [6, 6.07) is 8.14. The van der Waals surface area contributed by atoms with Crippen molar-refractivity contribution in [1.29, 1.82) is 0 Å². The summed E-state index contributed by atoms with van der Waals surface area (Å²) in [5.74, 6) is 0. The fourth-order valence-electron chi connectivity index (χ4n) is 0.881. The molecule has 0 saturated heterocycles. The maximum absolute atomic E-state index is 3.20. The molecular formula is C8H12N2S2. The zero-order valence-corrected chi connectivity index (χ0v) is 8.76. The average Bonchev–Trinajstić information content (AvgIpc) is 2.09. The lowest BCUT2D eigenvalue weighted by molar-refractivity contribution is 1.66. The van der Waals surface area contributed by atoms with Crippen LogP contribution in [0.15, 0.2) is 24.3 Å². The Balaban J connectivity index is 2.77. The standard InChI is InChI=1S/C8H12N2S2/c1-11-9-7-5-3-4-6-8(7)10-12-2/h3-6,9-10H,1-2H3. The average molecular weight is 200 g/mol. The minimum absolute atomic E-state index is 1.12. The summed E-state index contributed by atoms with van der Waals surface area (Å²) in [4.78, 5) is 0. The number of nitrogens with one attached hydrogen (secondary N) is 2. The van der Waals surface area contributed by atoms with Crippen molar-refractivity contribution in [3.8, 4) is 0 Å². The Morgan fingerprint density at radius 1 is 0.917 bits per heavy atom. The topological polar surface area (TPSA) is 24.1 Å². The molecule has 0 aliphatic carbocycles. The third kappa shape index (κ3) is 2.53. The fourth-order valence-corrected chi connectivity index (χ4v) is 1.68. The predicted octanol–water partition coefficient (Wildman–Crippen LogP) is 3.07. The van der Waals surface area contributed by atoms with Crippen LogP contribution in [-0.2, 0) is 0 Å². The minimum Gasteiger partial charge on any atom is -0.328 e. The van der Waals surface area contributed by atoms with E-state index in [0.29, 0.717) is 0 Å². The molecule has 0 bridgehead atoms. The molecule has 0 unspecified atom stereocenters. The molecule has 1 aromatic carbocycles. The van der Waals surface area contributed by atoms with Gasteiger partial charge in [-0.25, -0.2) is 0 Å². The van der Waals surface area contributed by atoms with Crippen LogP contribution in [0.3, 0.4) is 0 Å². The van der Waals surface area contributed by atoms with Crippen LogP contribution in [0.2, 0.25) is 0 Å². The highest BCUT2D eigenvalue weighted by Gasteiger charge is 1.97. The number of benzene rings is 1. The third-order valence-corrected chi connectivity index (χ3v) is 2.20. The molecular weight excluding hydrogens is 188 g/mol. The van der Waals surface area contributed by atoms with E-state index in [1.54, 1.807) is 23.9 Å². The van der Waals surface area contributed by atoms with Gasteiger partial charge in [-0.05, 0) is 12.1 Å². The summed E-state index contributed by atoms with van der Waals surface area (Å²) in [6.45, 7) is 0. The maximum atomic E-state index is 3.20. The number of hydrogen-bond donors (Lipinski definition) is 2. The molecule has 1 rings (SSSR count). The zero-order valence-electron chi connectivity index (χ0n) is 7.13. The van der Waals surface area contributed by atoms with Gasteiger partial charge in [0.15, 0.2) is 0 Å². The van der Waals surface area contributed by atoms with E-state index in [9.17, 15) is 0 Å². The highest BCUT2D eigenvalue weighted by atomic mass is 32.2. The van der Waals surface area contributed by atoms with Crippen molar-refractivity contribution in [2.45, 2.75) is 0 Å². The smallest absolute Gasteiger partial charge is 0.0683 e. The molecule has 0 saturated carbocycles. The van der Waals surface area contributed by atoms with E-state index in [1.165, 1.54) is 0 Å². The third-order valence-electron chi connectivity index (χ3n) is 1.35. The lowest BCUT2D eigenvalue weighted by Gasteiger charge is -2.09. The molecule has 0 fully saturated rings. The van der Waals surface area contributed by atoms with E-state index in [2.05, 4.69) is 21.6 Å². The Morgan fingerprint density at radius 3 is 1.67 bits per heavy atom. The van der Waals surface area contributed by atoms with Crippen LogP contribution in [-0.4, -0.2) is 12.5 Å². The van der Waals surface area contributed by atoms with Crippen molar-refractivity contribution >= 4 is 35.3 Å². The van der Waals surface area contributed by atoms with Crippen LogP contribution in [0.5, 0.6) is 0 Å². The SMILES string of the molecule is CSNc1ccccc1NSC. The van der Waals surface area contributed by atoms with Crippen molar-refractivity contribution in [3.05, 3.63) is 24.3 Å². The minimum atomic E-state index is 1.12. The van der Waals surface area contributed by atoms with E-state index in [0.717, 1.165) is 11.4 Å². The summed E-state index contributed by atoms with van der Waals surface area (Å²) in [5, 5.41) is 0. The van der Waals surface area contributed by atoms with Crippen LogP contribution in [0.1, 0.15) is 0 Å². The van der Waals surface area contributed by atoms with Crippen LogP contribution in [0, 0.1) is 0 Å². The fraction of sp³-hybridized carbons (Fsp3) is 0.250. The molecule has 2 nitrogen and oxygen atoms in total. The largest absolute Gasteiger partial charge is 0.328 e. The van der Waals surface area contributed by atoms with Gasteiger partial charge in [-0.15, -0.1) is 0 Å². The molecule has 2 N–H and O–H groups in total. The molecule has 0 atom stereocenters. The Hall–Kier alpha value is -0.480. The van der Waals surface area contributed by atoms with Gasteiger partial charge in [0.25, 0.3) is 0 Å². The molecule has 0 aliphatic heterocycles. The van der Waals surface area contributed by atoms with Crippen molar-refractivity contribution in [2.24, 2.45) is 0 Å². The predicted molar refractivity (Wildman–Crippen MR) is 60.7 cm³/mol. The van der Waals surface area contributed by atoms with E-state index in [-0.39, 0.29) is 0 Å². The zero-order chi connectivity index (χ0) is 8.81. The first-order valence-corrected chi connectivity index (χ1v) is 6.00. The Kier molecular flexibility index (Phi) is 4.18. The van der Waals surface area contributed by atoms with Crippen molar-refractivity contribution in [3.63, 3.8) is 0 Å². The Morgan fingerprint density at radius 2 is 1.33 bits per heavy atom. The second-order valence-electron chi connectivity index (χ2n) is 2.16. The second kappa shape index (κ2) is 5.22. The summed E-state index contributed by atoms with van der Waals surface area (Å²) in [5.41, 5.74) is 2.25. The summed E-state index contributed by atoms with van der Waals surface area (Å²) >= 11 is 3.19. The van der Waals surface area contributed by atoms with E-state index in [1.807, 2.05) is 24.6 Å². The Bertz CT molecular complexity index is 215. The first-order chi connectivity index (χ1) is 5.88. The first kappa shape index (κ1) is 9.61. The van der Waals surface area contributed by atoms with Gasteiger partial charge in [0, 0.05) is 12.5 Å². The molecule has 0 spiro atoms. The van der Waals surface area contributed by atoms with Crippen molar-refractivity contribution in [2.75, 3.05) is 22.0 Å². The van der Waals surface area contributed by atoms with Crippen LogP contribution < -0.4 is 9.44 Å². The number of hydrogen-bond acceptors (Lipinski definition) is 4. The van der Waals surface area contributed by atoms with E-state index < -0.39 is 0 Å². The second-order valence-corrected chi connectivity index (χ2v) is 3.38. The maximum Gasteiger partial charge on any atom is 0.0683 e. The number of rotatable bonds is 4. The molecule has 66 valence electrons. The molecule has 0 aromatic heterocycles. The quantitative estimate of drug-likeness (QED) is 0.729. The van der Waals surface area contributed by atoms with Gasteiger partial charge in [-0.3, -0.25) is 0 Å². The van der Waals surface area contributed by atoms with Crippen LogP contribution >= 0.6 is 23.9 Å². The molecule has 1 aromatic rings. The van der Waals surface area contributed by atoms with Crippen molar-refractivity contribution < 1.29 is 0 Å². The normalized spacial score (nSPS) is 9.50. The first-order valence-electron chi connectivity index (χ1n) is 3.55. The Labute approximate surface area is 81.8 Å². The van der Waals surface area contributed by atoms with E-state index >= 15 is 0 Å². The summed E-state index contributed by atoms with van der Waals surface area (Å²) in [6.07, 6.45) is 4.02. The lowest BCUT2D eigenvalue weighted by atomic mass is 10.3. The molecule has 12 heavy (non-hydrogen) atoms. The van der Waals surface area contributed by atoms with E-state index in [4.69, 9.17) is 0 Å². The molecule has 4 heteroatoms. The number of para-hydroxylation sites is 2. The summed E-state index contributed by atoms with van der Waals surface area (Å²) < 4.78 is 6.40. The van der Waals surface area contributed by atoms with Gasteiger partial charge in [-0.2, -0.15) is 0 Å².